The molecule has 0 amide bonds. The van der Waals surface area contributed by atoms with Gasteiger partial charge in [-0.3, -0.25) is 0 Å². The first-order chi connectivity index (χ1) is 6.19. The summed E-state index contributed by atoms with van der Waals surface area (Å²) in [6.07, 6.45) is 0. The average Bonchev–Trinajstić information content (AvgIpc) is 2.04. The van der Waals surface area contributed by atoms with Gasteiger partial charge in [-0.2, -0.15) is 0 Å². The summed E-state index contributed by atoms with van der Waals surface area (Å²) in [6.45, 7) is 0.330. The molecule has 2 nitrogen and oxygen atoms in total. The maximum absolute atomic E-state index is 13.1. The van der Waals surface area contributed by atoms with Gasteiger partial charge in [0, 0.05) is 18.7 Å². The lowest BCUT2D eigenvalue weighted by molar-refractivity contribution is 0.552. The lowest BCUT2D eigenvalue weighted by Crippen LogP contribution is -2.09. The number of hydrogen-bond acceptors (Lipinski definition) is 2. The van der Waals surface area contributed by atoms with Gasteiger partial charge in [-0.25, -0.2) is 8.78 Å². The van der Waals surface area contributed by atoms with E-state index in [1.165, 1.54) is 12.1 Å². The van der Waals surface area contributed by atoms with Crippen molar-refractivity contribution in [3.63, 3.8) is 0 Å². The molecule has 0 fully saturated rings. The fourth-order valence-electron chi connectivity index (χ4n) is 1.16. The Morgan fingerprint density at radius 3 is 2.23 bits per heavy atom. The van der Waals surface area contributed by atoms with Crippen molar-refractivity contribution in [2.75, 3.05) is 7.05 Å². The minimum Gasteiger partial charge on any atom is -0.326 e. The van der Waals surface area contributed by atoms with Crippen LogP contribution in [0.5, 0.6) is 0 Å². The molecular weight excluding hydrogens is 174 g/mol. The largest absolute Gasteiger partial charge is 0.326 e. The first-order valence-corrected chi connectivity index (χ1v) is 4.00. The molecule has 72 valence electrons. The third kappa shape index (κ3) is 2.23. The zero-order valence-electron chi connectivity index (χ0n) is 7.40. The SMILES string of the molecule is CNCc1cc(F)c(CN)c(F)c1. The van der Waals surface area contributed by atoms with E-state index in [2.05, 4.69) is 5.32 Å². The maximum Gasteiger partial charge on any atom is 0.130 e. The van der Waals surface area contributed by atoms with E-state index in [0.717, 1.165) is 0 Å². The Morgan fingerprint density at radius 2 is 1.85 bits per heavy atom. The van der Waals surface area contributed by atoms with E-state index in [4.69, 9.17) is 5.73 Å². The predicted molar refractivity (Wildman–Crippen MR) is 47.0 cm³/mol. The van der Waals surface area contributed by atoms with Gasteiger partial charge >= 0.3 is 0 Å². The number of rotatable bonds is 3. The smallest absolute Gasteiger partial charge is 0.130 e. The van der Waals surface area contributed by atoms with Crippen molar-refractivity contribution in [3.05, 3.63) is 34.9 Å². The van der Waals surface area contributed by atoms with Gasteiger partial charge in [-0.05, 0) is 24.7 Å². The zero-order chi connectivity index (χ0) is 9.84. The van der Waals surface area contributed by atoms with Crippen molar-refractivity contribution in [1.82, 2.24) is 5.32 Å². The molecule has 1 aromatic rings. The van der Waals surface area contributed by atoms with Crippen molar-refractivity contribution < 1.29 is 8.78 Å². The van der Waals surface area contributed by atoms with Crippen molar-refractivity contribution in [2.45, 2.75) is 13.1 Å². The highest BCUT2D eigenvalue weighted by atomic mass is 19.1. The fourth-order valence-corrected chi connectivity index (χ4v) is 1.16. The van der Waals surface area contributed by atoms with Crippen LogP contribution in [0.15, 0.2) is 12.1 Å². The molecule has 0 unspecified atom stereocenters. The molecule has 4 heteroatoms. The van der Waals surface area contributed by atoms with Crippen LogP contribution in [-0.4, -0.2) is 7.05 Å². The molecule has 13 heavy (non-hydrogen) atoms. The number of halogens is 2. The van der Waals surface area contributed by atoms with E-state index in [-0.39, 0.29) is 12.1 Å². The Hall–Kier alpha value is -1.00. The molecule has 0 atom stereocenters. The van der Waals surface area contributed by atoms with Gasteiger partial charge in [-0.1, -0.05) is 0 Å². The van der Waals surface area contributed by atoms with Crippen LogP contribution < -0.4 is 11.1 Å². The van der Waals surface area contributed by atoms with Gasteiger partial charge in [-0.15, -0.1) is 0 Å². The van der Waals surface area contributed by atoms with Gasteiger partial charge in [0.15, 0.2) is 0 Å². The monoisotopic (exact) mass is 186 g/mol. The van der Waals surface area contributed by atoms with E-state index in [0.29, 0.717) is 12.1 Å². The van der Waals surface area contributed by atoms with Gasteiger partial charge in [0.25, 0.3) is 0 Å². The Kier molecular flexibility index (Phi) is 3.33. The Balaban J connectivity index is 3.05. The summed E-state index contributed by atoms with van der Waals surface area (Å²) in [5.41, 5.74) is 5.70. The van der Waals surface area contributed by atoms with Crippen LogP contribution in [0.25, 0.3) is 0 Å². The summed E-state index contributed by atoms with van der Waals surface area (Å²) in [6, 6.07) is 2.59. The highest BCUT2D eigenvalue weighted by Crippen LogP contribution is 2.14. The molecule has 0 aliphatic carbocycles. The summed E-state index contributed by atoms with van der Waals surface area (Å²) < 4.78 is 26.2. The molecule has 0 saturated heterocycles. The highest BCUT2D eigenvalue weighted by Gasteiger charge is 2.08. The Labute approximate surface area is 75.7 Å². The Bertz CT molecular complexity index is 277. The normalized spacial score (nSPS) is 10.5. The molecule has 0 radical (unpaired) electrons. The number of nitrogens with one attached hydrogen (secondary N) is 1. The van der Waals surface area contributed by atoms with Crippen molar-refractivity contribution >= 4 is 0 Å². The molecule has 0 saturated carbocycles. The van der Waals surface area contributed by atoms with Crippen LogP contribution >= 0.6 is 0 Å². The summed E-state index contributed by atoms with van der Waals surface area (Å²) in [5.74, 6) is -1.15. The second-order valence-corrected chi connectivity index (χ2v) is 2.77. The van der Waals surface area contributed by atoms with Crippen LogP contribution in [0.4, 0.5) is 8.78 Å². The van der Waals surface area contributed by atoms with Crippen molar-refractivity contribution in [1.29, 1.82) is 0 Å². The van der Waals surface area contributed by atoms with E-state index in [1.54, 1.807) is 7.05 Å². The average molecular weight is 186 g/mol. The van der Waals surface area contributed by atoms with Crippen molar-refractivity contribution in [3.8, 4) is 0 Å². The summed E-state index contributed by atoms with van der Waals surface area (Å²) >= 11 is 0. The molecule has 1 rings (SSSR count). The van der Waals surface area contributed by atoms with E-state index >= 15 is 0 Å². The van der Waals surface area contributed by atoms with Crippen LogP contribution in [0.3, 0.4) is 0 Å². The molecule has 0 aliphatic rings. The highest BCUT2D eigenvalue weighted by molar-refractivity contribution is 5.26. The second kappa shape index (κ2) is 4.30. The number of nitrogens with two attached hydrogens (primary N) is 1. The van der Waals surface area contributed by atoms with Crippen LogP contribution in [0, 0.1) is 11.6 Å². The first-order valence-electron chi connectivity index (χ1n) is 4.00. The van der Waals surface area contributed by atoms with Gasteiger partial charge in [0.05, 0.1) is 0 Å². The first kappa shape index (κ1) is 10.1. The van der Waals surface area contributed by atoms with E-state index < -0.39 is 11.6 Å². The predicted octanol–water partition coefficient (Wildman–Crippen LogP) is 1.14. The van der Waals surface area contributed by atoms with Crippen LogP contribution in [0.2, 0.25) is 0 Å². The van der Waals surface area contributed by atoms with E-state index in [9.17, 15) is 8.78 Å². The van der Waals surface area contributed by atoms with Gasteiger partial charge in [0.2, 0.25) is 0 Å². The number of hydrogen-bond donors (Lipinski definition) is 2. The Morgan fingerprint density at radius 1 is 1.31 bits per heavy atom. The molecule has 0 spiro atoms. The lowest BCUT2D eigenvalue weighted by atomic mass is 10.1. The molecule has 0 aromatic heterocycles. The zero-order valence-corrected chi connectivity index (χ0v) is 7.40. The quantitative estimate of drug-likeness (QED) is 0.743. The molecule has 0 bridgehead atoms. The van der Waals surface area contributed by atoms with Crippen LogP contribution in [0.1, 0.15) is 11.1 Å². The van der Waals surface area contributed by atoms with Gasteiger partial charge in [0.1, 0.15) is 11.6 Å². The molecule has 3 N–H and O–H groups in total. The maximum atomic E-state index is 13.1. The standard InChI is InChI=1S/C9H12F2N2/c1-13-5-6-2-8(10)7(4-12)9(11)3-6/h2-3,13H,4-5,12H2,1H3. The minimum atomic E-state index is -0.576. The molecule has 0 aliphatic heterocycles. The lowest BCUT2D eigenvalue weighted by Gasteiger charge is -2.05. The molecule has 0 heterocycles. The van der Waals surface area contributed by atoms with Crippen molar-refractivity contribution in [2.24, 2.45) is 5.73 Å². The topological polar surface area (TPSA) is 38.0 Å². The summed E-state index contributed by atoms with van der Waals surface area (Å²) in [7, 11) is 1.71. The fraction of sp³-hybridized carbons (Fsp3) is 0.333. The third-order valence-corrected chi connectivity index (χ3v) is 1.79. The molecular formula is C9H12F2N2. The summed E-state index contributed by atoms with van der Waals surface area (Å²) in [5, 5.41) is 2.81. The van der Waals surface area contributed by atoms with E-state index in [1.807, 2.05) is 0 Å². The van der Waals surface area contributed by atoms with Crippen LogP contribution in [-0.2, 0) is 13.1 Å². The minimum absolute atomic E-state index is 0.0557. The molecule has 1 aromatic carbocycles. The second-order valence-electron chi connectivity index (χ2n) is 2.77. The third-order valence-electron chi connectivity index (χ3n) is 1.79. The summed E-state index contributed by atoms with van der Waals surface area (Å²) in [4.78, 5) is 0. The number of benzene rings is 1. The van der Waals surface area contributed by atoms with Gasteiger partial charge < -0.3 is 11.1 Å².